The van der Waals surface area contributed by atoms with Crippen molar-refractivity contribution in [3.63, 3.8) is 0 Å². The number of pyridine rings is 1. The van der Waals surface area contributed by atoms with E-state index >= 15 is 0 Å². The molecule has 1 amide bonds. The van der Waals surface area contributed by atoms with Crippen LogP contribution >= 0.6 is 0 Å². The molecule has 0 unspecified atom stereocenters. The predicted octanol–water partition coefficient (Wildman–Crippen LogP) is 2.90. The van der Waals surface area contributed by atoms with Gasteiger partial charge in [-0.15, -0.1) is 0 Å². The summed E-state index contributed by atoms with van der Waals surface area (Å²) in [6.45, 7) is 2.51. The summed E-state index contributed by atoms with van der Waals surface area (Å²) in [5, 5.41) is 6.82. The van der Waals surface area contributed by atoms with Crippen molar-refractivity contribution in [2.75, 3.05) is 0 Å². The van der Waals surface area contributed by atoms with Crippen molar-refractivity contribution in [1.29, 1.82) is 0 Å². The van der Waals surface area contributed by atoms with Crippen molar-refractivity contribution in [1.82, 2.24) is 15.5 Å². The lowest BCUT2D eigenvalue weighted by Gasteiger charge is -2.03. The number of amides is 1. The third-order valence-electron chi connectivity index (χ3n) is 3.48. The number of aryl methyl sites for hydroxylation is 1. The molecule has 0 aliphatic heterocycles. The van der Waals surface area contributed by atoms with Crippen molar-refractivity contribution in [3.8, 4) is 11.3 Å². The summed E-state index contributed by atoms with van der Waals surface area (Å²) < 4.78 is 5.32. The van der Waals surface area contributed by atoms with Gasteiger partial charge in [-0.2, -0.15) is 0 Å². The lowest BCUT2D eigenvalue weighted by Crippen LogP contribution is -2.24. The van der Waals surface area contributed by atoms with Gasteiger partial charge in [-0.3, -0.25) is 9.78 Å². The zero-order valence-corrected chi connectivity index (χ0v) is 12.8. The molecule has 0 aliphatic carbocycles. The number of carbonyl (C=O) groups excluding carboxylic acids is 1. The summed E-state index contributed by atoms with van der Waals surface area (Å²) in [6, 6.07) is 13.5. The summed E-state index contributed by atoms with van der Waals surface area (Å²) in [6.07, 6.45) is 3.60. The Labute approximate surface area is 134 Å². The highest BCUT2D eigenvalue weighted by Gasteiger charge is 2.10. The highest BCUT2D eigenvalue weighted by Crippen LogP contribution is 2.20. The zero-order valence-electron chi connectivity index (χ0n) is 12.8. The molecule has 1 N–H and O–H groups in total. The maximum Gasteiger partial charge on any atom is 0.226 e. The minimum atomic E-state index is -0.0921. The van der Waals surface area contributed by atoms with Gasteiger partial charge in [-0.05, 0) is 24.6 Å². The summed E-state index contributed by atoms with van der Waals surface area (Å²) in [5.74, 6) is 0.576. The fourth-order valence-corrected chi connectivity index (χ4v) is 2.18. The van der Waals surface area contributed by atoms with Crippen LogP contribution < -0.4 is 5.32 Å². The first kappa shape index (κ1) is 15.0. The van der Waals surface area contributed by atoms with Crippen LogP contribution in [0.5, 0.6) is 0 Å². The summed E-state index contributed by atoms with van der Waals surface area (Å²) in [5.41, 5.74) is 3.76. The molecule has 0 radical (unpaired) electrons. The number of rotatable bonds is 5. The van der Waals surface area contributed by atoms with Crippen LogP contribution in [0.4, 0.5) is 0 Å². The third kappa shape index (κ3) is 4.03. The molecule has 0 fully saturated rings. The van der Waals surface area contributed by atoms with Gasteiger partial charge in [0.1, 0.15) is 0 Å². The fourth-order valence-electron chi connectivity index (χ4n) is 2.18. The lowest BCUT2D eigenvalue weighted by molar-refractivity contribution is -0.120. The molecule has 0 spiro atoms. The molecule has 5 nitrogen and oxygen atoms in total. The second-order valence-electron chi connectivity index (χ2n) is 5.36. The summed E-state index contributed by atoms with van der Waals surface area (Å²) >= 11 is 0. The number of carbonyl (C=O) groups is 1. The minimum absolute atomic E-state index is 0.0921. The Morgan fingerprint density at radius 3 is 2.61 bits per heavy atom. The van der Waals surface area contributed by atoms with Gasteiger partial charge in [-0.25, -0.2) is 0 Å². The molecule has 0 saturated carbocycles. The molecule has 3 rings (SSSR count). The maximum absolute atomic E-state index is 12.0. The average molecular weight is 307 g/mol. The first-order valence-corrected chi connectivity index (χ1v) is 7.39. The van der Waals surface area contributed by atoms with Crippen LogP contribution in [0, 0.1) is 6.92 Å². The van der Waals surface area contributed by atoms with E-state index in [1.54, 1.807) is 18.5 Å². The van der Waals surface area contributed by atoms with Crippen LogP contribution in [0.2, 0.25) is 0 Å². The zero-order chi connectivity index (χ0) is 16.1. The number of nitrogens with zero attached hydrogens (tertiary/aromatic N) is 2. The second-order valence-corrected chi connectivity index (χ2v) is 5.36. The average Bonchev–Trinajstić information content (AvgIpc) is 3.03. The quantitative estimate of drug-likeness (QED) is 0.787. The molecular formula is C18H17N3O2. The molecule has 3 aromatic rings. The van der Waals surface area contributed by atoms with E-state index in [1.807, 2.05) is 43.3 Å². The van der Waals surface area contributed by atoms with Gasteiger partial charge < -0.3 is 9.84 Å². The maximum atomic E-state index is 12.0. The van der Waals surface area contributed by atoms with E-state index in [2.05, 4.69) is 15.5 Å². The normalized spacial score (nSPS) is 10.5. The van der Waals surface area contributed by atoms with E-state index in [9.17, 15) is 4.79 Å². The summed E-state index contributed by atoms with van der Waals surface area (Å²) in [7, 11) is 0. The molecule has 1 aromatic carbocycles. The van der Waals surface area contributed by atoms with Gasteiger partial charge in [0.2, 0.25) is 5.91 Å². The molecule has 0 atom stereocenters. The highest BCUT2D eigenvalue weighted by molar-refractivity contribution is 5.78. The van der Waals surface area contributed by atoms with Gasteiger partial charge >= 0.3 is 0 Å². The molecule has 2 aromatic heterocycles. The summed E-state index contributed by atoms with van der Waals surface area (Å²) in [4.78, 5) is 15.9. The monoisotopic (exact) mass is 307 g/mol. The Morgan fingerprint density at radius 2 is 1.87 bits per heavy atom. The van der Waals surface area contributed by atoms with Crippen molar-refractivity contribution < 1.29 is 9.32 Å². The number of hydrogen-bond donors (Lipinski definition) is 1. The van der Waals surface area contributed by atoms with Gasteiger partial charge in [-0.1, -0.05) is 35.0 Å². The number of aromatic nitrogens is 2. The molecule has 0 saturated heterocycles. The molecule has 0 bridgehead atoms. The minimum Gasteiger partial charge on any atom is -0.356 e. The highest BCUT2D eigenvalue weighted by atomic mass is 16.5. The molecular weight excluding hydrogens is 290 g/mol. The van der Waals surface area contributed by atoms with Gasteiger partial charge in [0.25, 0.3) is 0 Å². The Balaban J connectivity index is 1.58. The first-order valence-electron chi connectivity index (χ1n) is 7.39. The predicted molar refractivity (Wildman–Crippen MR) is 86.5 cm³/mol. The van der Waals surface area contributed by atoms with Gasteiger partial charge in [0, 0.05) is 30.6 Å². The van der Waals surface area contributed by atoms with E-state index in [4.69, 9.17) is 4.52 Å². The van der Waals surface area contributed by atoms with Crippen LogP contribution in [0.25, 0.3) is 11.3 Å². The topological polar surface area (TPSA) is 68.0 Å². The van der Waals surface area contributed by atoms with Crippen molar-refractivity contribution >= 4 is 5.91 Å². The molecule has 23 heavy (non-hydrogen) atoms. The van der Waals surface area contributed by atoms with Crippen molar-refractivity contribution in [2.24, 2.45) is 0 Å². The molecule has 5 heteroatoms. The SMILES string of the molecule is Cc1ccc(-c2cc(CC(=O)NCc3ccncc3)no2)cc1. The molecule has 2 heterocycles. The third-order valence-corrected chi connectivity index (χ3v) is 3.48. The van der Waals surface area contributed by atoms with Crippen LogP contribution in [0.15, 0.2) is 59.4 Å². The van der Waals surface area contributed by atoms with Crippen LogP contribution in [0.1, 0.15) is 16.8 Å². The largest absolute Gasteiger partial charge is 0.356 e. The molecule has 116 valence electrons. The van der Waals surface area contributed by atoms with E-state index in [1.165, 1.54) is 5.56 Å². The molecule has 0 aliphatic rings. The lowest BCUT2D eigenvalue weighted by atomic mass is 10.1. The Kier molecular flexibility index (Phi) is 4.47. The van der Waals surface area contributed by atoms with Gasteiger partial charge in [0.15, 0.2) is 5.76 Å². The van der Waals surface area contributed by atoms with E-state index < -0.39 is 0 Å². The van der Waals surface area contributed by atoms with Crippen molar-refractivity contribution in [2.45, 2.75) is 19.9 Å². The number of hydrogen-bond acceptors (Lipinski definition) is 4. The van der Waals surface area contributed by atoms with E-state index in [0.717, 1.165) is 11.1 Å². The first-order chi connectivity index (χ1) is 11.2. The standard InChI is InChI=1S/C18H17N3O2/c1-13-2-4-15(5-3-13)17-10-16(21-23-17)11-18(22)20-12-14-6-8-19-9-7-14/h2-10H,11-12H2,1H3,(H,20,22). The Bertz CT molecular complexity index is 780. The van der Waals surface area contributed by atoms with Gasteiger partial charge in [0.05, 0.1) is 12.1 Å². The fraction of sp³-hybridized carbons (Fsp3) is 0.167. The number of benzene rings is 1. The second kappa shape index (κ2) is 6.87. The van der Waals surface area contributed by atoms with E-state index in [0.29, 0.717) is 18.0 Å². The Morgan fingerprint density at radius 1 is 1.13 bits per heavy atom. The smallest absolute Gasteiger partial charge is 0.226 e. The van der Waals surface area contributed by atoms with Crippen LogP contribution in [0.3, 0.4) is 0 Å². The van der Waals surface area contributed by atoms with Crippen LogP contribution in [-0.4, -0.2) is 16.0 Å². The van der Waals surface area contributed by atoms with Crippen molar-refractivity contribution in [3.05, 3.63) is 71.7 Å². The van der Waals surface area contributed by atoms with Crippen LogP contribution in [-0.2, 0) is 17.8 Å². The Hall–Kier alpha value is -2.95. The van der Waals surface area contributed by atoms with E-state index in [-0.39, 0.29) is 12.3 Å². The number of nitrogens with one attached hydrogen (secondary N) is 1.